The number of carbonyl (C=O) groups excluding carboxylic acids is 1. The van der Waals surface area contributed by atoms with Crippen molar-refractivity contribution in [2.75, 3.05) is 0 Å². The molecule has 1 amide bonds. The van der Waals surface area contributed by atoms with E-state index >= 15 is 0 Å². The van der Waals surface area contributed by atoms with E-state index in [1.54, 1.807) is 6.92 Å². The van der Waals surface area contributed by atoms with Crippen molar-refractivity contribution in [3.8, 4) is 0 Å². The molecule has 0 aliphatic rings. The molecule has 1 rings (SSSR count). The first-order valence-electron chi connectivity index (χ1n) is 6.64. The molecule has 0 saturated carbocycles. The Kier molecular flexibility index (Phi) is 6.06. The third kappa shape index (κ3) is 4.73. The van der Waals surface area contributed by atoms with Crippen molar-refractivity contribution in [1.29, 1.82) is 0 Å². The van der Waals surface area contributed by atoms with E-state index in [0.29, 0.717) is 6.42 Å². The molecule has 4 heteroatoms. The van der Waals surface area contributed by atoms with Gasteiger partial charge in [0, 0.05) is 0 Å². The third-order valence-corrected chi connectivity index (χ3v) is 3.15. The number of unbranched alkanes of at least 4 members (excludes halogenated alkanes) is 1. The molecule has 0 radical (unpaired) electrons. The van der Waals surface area contributed by atoms with Gasteiger partial charge in [-0.25, -0.2) is 4.79 Å². The molecular weight excluding hydrogens is 242 g/mol. The summed E-state index contributed by atoms with van der Waals surface area (Å²) in [6, 6.07) is 8.56. The van der Waals surface area contributed by atoms with E-state index in [2.05, 4.69) is 5.32 Å². The first kappa shape index (κ1) is 15.2. The van der Waals surface area contributed by atoms with Gasteiger partial charge in [0.15, 0.2) is 0 Å². The Morgan fingerprint density at radius 2 is 1.89 bits per heavy atom. The number of nitrogens with one attached hydrogen (secondary N) is 1. The van der Waals surface area contributed by atoms with Crippen molar-refractivity contribution in [2.24, 2.45) is 0 Å². The van der Waals surface area contributed by atoms with Crippen LogP contribution in [-0.2, 0) is 9.59 Å². The molecule has 19 heavy (non-hydrogen) atoms. The van der Waals surface area contributed by atoms with Crippen molar-refractivity contribution >= 4 is 11.9 Å². The van der Waals surface area contributed by atoms with Crippen molar-refractivity contribution in [1.82, 2.24) is 5.32 Å². The number of hydrogen-bond acceptors (Lipinski definition) is 2. The number of hydrogen-bond donors (Lipinski definition) is 2. The SMILES string of the molecule is CCCCC(NC(=O)[C@@H](C)c1ccccc1)C(=O)O. The van der Waals surface area contributed by atoms with Crippen molar-refractivity contribution in [3.63, 3.8) is 0 Å². The molecule has 104 valence electrons. The lowest BCUT2D eigenvalue weighted by molar-refractivity contribution is -0.142. The van der Waals surface area contributed by atoms with Gasteiger partial charge in [-0.3, -0.25) is 4.79 Å². The van der Waals surface area contributed by atoms with Crippen LogP contribution < -0.4 is 5.32 Å². The van der Waals surface area contributed by atoms with Crippen LogP contribution in [0.25, 0.3) is 0 Å². The smallest absolute Gasteiger partial charge is 0.326 e. The van der Waals surface area contributed by atoms with Gasteiger partial charge in [0.1, 0.15) is 6.04 Å². The van der Waals surface area contributed by atoms with E-state index in [1.165, 1.54) is 0 Å². The fourth-order valence-corrected chi connectivity index (χ4v) is 1.86. The van der Waals surface area contributed by atoms with Gasteiger partial charge in [-0.1, -0.05) is 50.1 Å². The summed E-state index contributed by atoms with van der Waals surface area (Å²) in [7, 11) is 0. The van der Waals surface area contributed by atoms with Gasteiger partial charge in [-0.05, 0) is 18.9 Å². The van der Waals surface area contributed by atoms with Crippen LogP contribution >= 0.6 is 0 Å². The fourth-order valence-electron chi connectivity index (χ4n) is 1.86. The molecule has 0 aliphatic carbocycles. The summed E-state index contributed by atoms with van der Waals surface area (Å²) in [4.78, 5) is 23.1. The number of rotatable bonds is 7. The minimum absolute atomic E-state index is 0.241. The zero-order valence-electron chi connectivity index (χ0n) is 11.4. The fraction of sp³-hybridized carbons (Fsp3) is 0.467. The standard InChI is InChI=1S/C15H21NO3/c1-3-4-10-13(15(18)19)16-14(17)11(2)12-8-6-5-7-9-12/h5-9,11,13H,3-4,10H2,1-2H3,(H,16,17)(H,18,19)/t11-,13?/m0/s1. The number of carboxylic acid groups (broad SMARTS) is 1. The van der Waals surface area contributed by atoms with Crippen LogP contribution in [0.4, 0.5) is 0 Å². The number of amides is 1. The highest BCUT2D eigenvalue weighted by Gasteiger charge is 2.22. The maximum atomic E-state index is 12.0. The highest BCUT2D eigenvalue weighted by molar-refractivity contribution is 5.87. The monoisotopic (exact) mass is 263 g/mol. The summed E-state index contributed by atoms with van der Waals surface area (Å²) in [6.45, 7) is 3.77. The Hall–Kier alpha value is -1.84. The third-order valence-electron chi connectivity index (χ3n) is 3.15. The second-order valence-electron chi connectivity index (χ2n) is 4.67. The Labute approximate surface area is 113 Å². The molecule has 0 fully saturated rings. The zero-order chi connectivity index (χ0) is 14.3. The Bertz CT molecular complexity index is 417. The van der Waals surface area contributed by atoms with Gasteiger partial charge in [-0.15, -0.1) is 0 Å². The second-order valence-corrected chi connectivity index (χ2v) is 4.67. The van der Waals surface area contributed by atoms with Crippen LogP contribution in [0.3, 0.4) is 0 Å². The number of carboxylic acids is 1. The molecule has 0 spiro atoms. The Balaban J connectivity index is 2.64. The lowest BCUT2D eigenvalue weighted by atomic mass is 9.99. The molecule has 0 aromatic heterocycles. The van der Waals surface area contributed by atoms with Crippen LogP contribution in [-0.4, -0.2) is 23.0 Å². The molecule has 4 nitrogen and oxygen atoms in total. The summed E-state index contributed by atoms with van der Waals surface area (Å²) < 4.78 is 0. The molecule has 0 bridgehead atoms. The number of aliphatic carboxylic acids is 1. The maximum Gasteiger partial charge on any atom is 0.326 e. The molecule has 1 unspecified atom stereocenters. The first-order valence-corrected chi connectivity index (χ1v) is 6.64. The normalized spacial score (nSPS) is 13.6. The lowest BCUT2D eigenvalue weighted by Crippen LogP contribution is -2.42. The molecule has 1 aromatic carbocycles. The molecule has 0 aliphatic heterocycles. The van der Waals surface area contributed by atoms with Gasteiger partial charge in [-0.2, -0.15) is 0 Å². The predicted molar refractivity (Wildman–Crippen MR) is 73.9 cm³/mol. The summed E-state index contributed by atoms with van der Waals surface area (Å²) in [6.07, 6.45) is 2.17. The number of carbonyl (C=O) groups is 2. The molecule has 0 heterocycles. The predicted octanol–water partition coefficient (Wildman–Crippen LogP) is 2.55. The summed E-state index contributed by atoms with van der Waals surface area (Å²) >= 11 is 0. The van der Waals surface area contributed by atoms with E-state index in [4.69, 9.17) is 5.11 Å². The minimum atomic E-state index is -0.970. The Morgan fingerprint density at radius 1 is 1.26 bits per heavy atom. The largest absolute Gasteiger partial charge is 0.480 e. The van der Waals surface area contributed by atoms with E-state index in [-0.39, 0.29) is 11.8 Å². The van der Waals surface area contributed by atoms with Crippen LogP contribution in [0.15, 0.2) is 30.3 Å². The van der Waals surface area contributed by atoms with Crippen LogP contribution in [0.1, 0.15) is 44.6 Å². The van der Waals surface area contributed by atoms with Crippen molar-refractivity contribution in [2.45, 2.75) is 45.1 Å². The average molecular weight is 263 g/mol. The van der Waals surface area contributed by atoms with Crippen LogP contribution in [0.2, 0.25) is 0 Å². The van der Waals surface area contributed by atoms with E-state index in [0.717, 1.165) is 18.4 Å². The van der Waals surface area contributed by atoms with E-state index in [9.17, 15) is 9.59 Å². The minimum Gasteiger partial charge on any atom is -0.480 e. The molecule has 2 atom stereocenters. The van der Waals surface area contributed by atoms with Gasteiger partial charge in [0.25, 0.3) is 0 Å². The summed E-state index contributed by atoms with van der Waals surface area (Å²) in [5.41, 5.74) is 0.889. The summed E-state index contributed by atoms with van der Waals surface area (Å²) in [5.74, 6) is -1.55. The Morgan fingerprint density at radius 3 is 2.42 bits per heavy atom. The molecular formula is C15H21NO3. The molecule has 1 aromatic rings. The number of benzene rings is 1. The van der Waals surface area contributed by atoms with Gasteiger partial charge >= 0.3 is 5.97 Å². The van der Waals surface area contributed by atoms with Gasteiger partial charge < -0.3 is 10.4 Å². The van der Waals surface area contributed by atoms with Gasteiger partial charge in [0.05, 0.1) is 5.92 Å². The topological polar surface area (TPSA) is 66.4 Å². The first-order chi connectivity index (χ1) is 9.06. The maximum absolute atomic E-state index is 12.0. The van der Waals surface area contributed by atoms with Gasteiger partial charge in [0.2, 0.25) is 5.91 Å². The average Bonchev–Trinajstić information content (AvgIpc) is 2.43. The van der Waals surface area contributed by atoms with Crippen LogP contribution in [0, 0.1) is 0 Å². The highest BCUT2D eigenvalue weighted by Crippen LogP contribution is 2.15. The van der Waals surface area contributed by atoms with Crippen molar-refractivity contribution in [3.05, 3.63) is 35.9 Å². The van der Waals surface area contributed by atoms with Crippen molar-refractivity contribution < 1.29 is 14.7 Å². The van der Waals surface area contributed by atoms with Crippen LogP contribution in [0.5, 0.6) is 0 Å². The summed E-state index contributed by atoms with van der Waals surface area (Å²) in [5, 5.41) is 11.7. The van der Waals surface area contributed by atoms with E-state index in [1.807, 2.05) is 37.3 Å². The second kappa shape index (κ2) is 7.56. The quantitative estimate of drug-likeness (QED) is 0.794. The molecule has 2 N–H and O–H groups in total. The zero-order valence-corrected chi connectivity index (χ0v) is 11.4. The lowest BCUT2D eigenvalue weighted by Gasteiger charge is -2.17. The highest BCUT2D eigenvalue weighted by atomic mass is 16.4. The molecule has 0 saturated heterocycles. The van der Waals surface area contributed by atoms with E-state index < -0.39 is 12.0 Å².